The second kappa shape index (κ2) is 7.39. The van der Waals surface area contributed by atoms with Gasteiger partial charge in [-0.1, -0.05) is 36.7 Å². The van der Waals surface area contributed by atoms with E-state index in [-0.39, 0.29) is 5.91 Å². The van der Waals surface area contributed by atoms with E-state index >= 15 is 0 Å². The lowest BCUT2D eigenvalue weighted by atomic mass is 10.2. The number of benzene rings is 1. The van der Waals surface area contributed by atoms with E-state index in [2.05, 4.69) is 19.2 Å². The molecule has 0 radical (unpaired) electrons. The lowest BCUT2D eigenvalue weighted by molar-refractivity contribution is -0.129. The topological polar surface area (TPSA) is 32.3 Å². The minimum Gasteiger partial charge on any atom is -0.340 e. The first-order valence-corrected chi connectivity index (χ1v) is 6.63. The minimum absolute atomic E-state index is 0.0789. The van der Waals surface area contributed by atoms with Crippen LogP contribution in [0.3, 0.4) is 0 Å². The van der Waals surface area contributed by atoms with Crippen molar-refractivity contribution in [3.63, 3.8) is 0 Å². The van der Waals surface area contributed by atoms with Gasteiger partial charge in [0.15, 0.2) is 0 Å². The van der Waals surface area contributed by atoms with Crippen molar-refractivity contribution < 1.29 is 4.79 Å². The molecule has 0 aliphatic heterocycles. The van der Waals surface area contributed by atoms with Crippen molar-refractivity contribution >= 4 is 17.5 Å². The number of rotatable bonds is 6. The Morgan fingerprint density at radius 1 is 1.44 bits per heavy atom. The maximum Gasteiger partial charge on any atom is 0.236 e. The molecule has 0 bridgehead atoms. The maximum atomic E-state index is 11.9. The Bertz CT molecular complexity index is 395. The normalized spacial score (nSPS) is 12.2. The van der Waals surface area contributed by atoms with Crippen molar-refractivity contribution in [3.05, 3.63) is 34.9 Å². The van der Waals surface area contributed by atoms with E-state index in [1.807, 2.05) is 24.3 Å². The molecule has 4 heteroatoms. The molecule has 0 spiro atoms. The molecule has 1 aromatic rings. The fourth-order valence-corrected chi connectivity index (χ4v) is 1.71. The first-order valence-electron chi connectivity index (χ1n) is 6.25. The van der Waals surface area contributed by atoms with Gasteiger partial charge in [-0.05, 0) is 25.0 Å². The summed E-state index contributed by atoms with van der Waals surface area (Å²) in [5.41, 5.74) is 0.971. The van der Waals surface area contributed by atoms with Gasteiger partial charge in [-0.2, -0.15) is 0 Å². The zero-order valence-corrected chi connectivity index (χ0v) is 12.0. The Hall–Kier alpha value is -1.06. The third kappa shape index (κ3) is 4.67. The highest BCUT2D eigenvalue weighted by Crippen LogP contribution is 2.16. The fraction of sp³-hybridized carbons (Fsp3) is 0.500. The van der Waals surface area contributed by atoms with Crippen LogP contribution in [-0.4, -0.2) is 30.4 Å². The van der Waals surface area contributed by atoms with E-state index in [0.717, 1.165) is 12.0 Å². The summed E-state index contributed by atoms with van der Waals surface area (Å²) in [6.45, 7) is 5.08. The van der Waals surface area contributed by atoms with Crippen LogP contribution in [0.15, 0.2) is 24.3 Å². The van der Waals surface area contributed by atoms with Crippen molar-refractivity contribution in [1.29, 1.82) is 0 Å². The zero-order valence-electron chi connectivity index (χ0n) is 11.2. The SMILES string of the molecule is CCC(C)NCC(=O)N(C)Cc1ccccc1Cl. The number of halogens is 1. The molecule has 100 valence electrons. The molecule has 1 rings (SSSR count). The summed E-state index contributed by atoms with van der Waals surface area (Å²) in [7, 11) is 1.80. The fourth-order valence-electron chi connectivity index (χ4n) is 1.51. The number of amides is 1. The molecule has 1 N–H and O–H groups in total. The number of likely N-dealkylation sites (N-methyl/N-ethyl adjacent to an activating group) is 1. The van der Waals surface area contributed by atoms with Gasteiger partial charge in [0.2, 0.25) is 5.91 Å². The molecule has 0 saturated heterocycles. The molecular weight excluding hydrogens is 248 g/mol. The molecule has 0 aromatic heterocycles. The van der Waals surface area contributed by atoms with E-state index in [4.69, 9.17) is 11.6 Å². The van der Waals surface area contributed by atoms with Crippen LogP contribution in [0.5, 0.6) is 0 Å². The summed E-state index contributed by atoms with van der Waals surface area (Å²) < 4.78 is 0. The Morgan fingerprint density at radius 2 is 2.11 bits per heavy atom. The number of nitrogens with one attached hydrogen (secondary N) is 1. The summed E-state index contributed by atoms with van der Waals surface area (Å²) in [5, 5.41) is 3.89. The molecule has 0 saturated carbocycles. The molecule has 1 unspecified atom stereocenters. The molecule has 0 aliphatic rings. The molecule has 1 atom stereocenters. The molecule has 0 heterocycles. The average molecular weight is 269 g/mol. The van der Waals surface area contributed by atoms with Crippen LogP contribution in [0.4, 0.5) is 0 Å². The van der Waals surface area contributed by atoms with Gasteiger partial charge in [0.1, 0.15) is 0 Å². The summed E-state index contributed by atoms with van der Waals surface area (Å²) >= 11 is 6.07. The smallest absolute Gasteiger partial charge is 0.236 e. The number of hydrogen-bond acceptors (Lipinski definition) is 2. The van der Waals surface area contributed by atoms with E-state index in [1.54, 1.807) is 11.9 Å². The number of carbonyl (C=O) groups is 1. The largest absolute Gasteiger partial charge is 0.340 e. The van der Waals surface area contributed by atoms with E-state index in [0.29, 0.717) is 24.2 Å². The van der Waals surface area contributed by atoms with Gasteiger partial charge in [-0.15, -0.1) is 0 Å². The molecule has 18 heavy (non-hydrogen) atoms. The molecule has 0 aliphatic carbocycles. The van der Waals surface area contributed by atoms with Crippen molar-refractivity contribution in [2.24, 2.45) is 0 Å². The molecular formula is C14H21ClN2O. The summed E-state index contributed by atoms with van der Waals surface area (Å²) in [5.74, 6) is 0.0789. The third-order valence-electron chi connectivity index (χ3n) is 3.01. The Morgan fingerprint density at radius 3 is 2.72 bits per heavy atom. The molecule has 1 aromatic carbocycles. The Kier molecular flexibility index (Phi) is 6.16. The van der Waals surface area contributed by atoms with E-state index in [9.17, 15) is 4.79 Å². The van der Waals surface area contributed by atoms with Crippen LogP contribution in [0, 0.1) is 0 Å². The van der Waals surface area contributed by atoms with Crippen molar-refractivity contribution in [3.8, 4) is 0 Å². The lowest BCUT2D eigenvalue weighted by Gasteiger charge is -2.19. The van der Waals surface area contributed by atoms with Crippen LogP contribution < -0.4 is 5.32 Å². The van der Waals surface area contributed by atoms with Crippen LogP contribution in [0.25, 0.3) is 0 Å². The number of carbonyl (C=O) groups excluding carboxylic acids is 1. The number of nitrogens with zero attached hydrogens (tertiary/aromatic N) is 1. The van der Waals surface area contributed by atoms with Gasteiger partial charge in [0.05, 0.1) is 6.54 Å². The standard InChI is InChI=1S/C14H21ClN2O/c1-4-11(2)16-9-14(18)17(3)10-12-7-5-6-8-13(12)15/h5-8,11,16H,4,9-10H2,1-3H3. The first-order chi connectivity index (χ1) is 8.54. The highest BCUT2D eigenvalue weighted by molar-refractivity contribution is 6.31. The van der Waals surface area contributed by atoms with Gasteiger partial charge in [-0.25, -0.2) is 0 Å². The highest BCUT2D eigenvalue weighted by Gasteiger charge is 2.11. The molecule has 0 fully saturated rings. The van der Waals surface area contributed by atoms with Gasteiger partial charge >= 0.3 is 0 Å². The summed E-state index contributed by atoms with van der Waals surface area (Å²) in [6, 6.07) is 7.96. The molecule has 3 nitrogen and oxygen atoms in total. The average Bonchev–Trinajstić information content (AvgIpc) is 2.38. The van der Waals surface area contributed by atoms with Crippen molar-refractivity contribution in [2.45, 2.75) is 32.9 Å². The van der Waals surface area contributed by atoms with Gasteiger partial charge < -0.3 is 10.2 Å². The minimum atomic E-state index is 0.0789. The van der Waals surface area contributed by atoms with Gasteiger partial charge in [-0.3, -0.25) is 4.79 Å². The zero-order chi connectivity index (χ0) is 13.5. The second-order valence-corrected chi connectivity index (χ2v) is 4.94. The van der Waals surface area contributed by atoms with Crippen LogP contribution >= 0.6 is 11.6 Å². The van der Waals surface area contributed by atoms with E-state index in [1.165, 1.54) is 0 Å². The summed E-state index contributed by atoms with van der Waals surface area (Å²) in [6.07, 6.45) is 1.02. The van der Waals surface area contributed by atoms with Gasteiger partial charge in [0, 0.05) is 24.7 Å². The highest BCUT2D eigenvalue weighted by atomic mass is 35.5. The van der Waals surface area contributed by atoms with Gasteiger partial charge in [0.25, 0.3) is 0 Å². The number of hydrogen-bond donors (Lipinski definition) is 1. The van der Waals surface area contributed by atoms with Crippen molar-refractivity contribution in [1.82, 2.24) is 10.2 Å². The van der Waals surface area contributed by atoms with E-state index < -0.39 is 0 Å². The Balaban J connectivity index is 2.47. The first kappa shape index (κ1) is 15.0. The Labute approximate surface area is 114 Å². The van der Waals surface area contributed by atoms with Crippen LogP contribution in [0.1, 0.15) is 25.8 Å². The lowest BCUT2D eigenvalue weighted by Crippen LogP contribution is -2.38. The second-order valence-electron chi connectivity index (χ2n) is 4.53. The predicted molar refractivity (Wildman–Crippen MR) is 75.7 cm³/mol. The predicted octanol–water partition coefficient (Wildman–Crippen LogP) is 2.69. The molecule has 1 amide bonds. The van der Waals surface area contributed by atoms with Crippen LogP contribution in [0.2, 0.25) is 5.02 Å². The maximum absolute atomic E-state index is 11.9. The quantitative estimate of drug-likeness (QED) is 0.860. The summed E-state index contributed by atoms with van der Waals surface area (Å²) in [4.78, 5) is 13.6. The monoisotopic (exact) mass is 268 g/mol. The third-order valence-corrected chi connectivity index (χ3v) is 3.37. The van der Waals surface area contributed by atoms with Crippen LogP contribution in [-0.2, 0) is 11.3 Å². The van der Waals surface area contributed by atoms with Crippen molar-refractivity contribution in [2.75, 3.05) is 13.6 Å².